The van der Waals surface area contributed by atoms with Crippen LogP contribution < -0.4 is 19.9 Å². The fourth-order valence-corrected chi connectivity index (χ4v) is 2.18. The van der Waals surface area contributed by atoms with Crippen LogP contribution in [0.2, 0.25) is 0 Å². The van der Waals surface area contributed by atoms with E-state index in [1.165, 1.54) is 19.2 Å². The number of ether oxygens (including phenoxy) is 3. The first-order valence-corrected chi connectivity index (χ1v) is 6.60. The second kappa shape index (κ2) is 6.95. The van der Waals surface area contributed by atoms with Crippen molar-refractivity contribution in [2.45, 2.75) is 0 Å². The molecular weight excluding hydrogens is 273 g/mol. The third-order valence-corrected chi connectivity index (χ3v) is 3.02. The average Bonchev–Trinajstić information content (AvgIpc) is 2.56. The molecule has 4 nitrogen and oxygen atoms in total. The second-order valence-corrected chi connectivity index (χ2v) is 4.17. The Bertz CT molecular complexity index is 616. The number of fused-ring (bicyclic) bond motifs is 1. The number of methoxy groups -OCH3 is 1. The molecule has 0 bridgehead atoms. The largest absolute Gasteiger partial charge is 0.496 e. The molecule has 1 aliphatic rings. The van der Waals surface area contributed by atoms with Crippen molar-refractivity contribution in [2.24, 2.45) is 5.73 Å². The summed E-state index contributed by atoms with van der Waals surface area (Å²) in [6, 6.07) is 9.97. The smallest absolute Gasteiger partial charge is 0.169 e. The van der Waals surface area contributed by atoms with Gasteiger partial charge in [0.05, 0.1) is 7.11 Å². The van der Waals surface area contributed by atoms with Crippen LogP contribution in [0.15, 0.2) is 36.4 Å². The molecule has 1 aliphatic heterocycles. The Labute approximate surface area is 123 Å². The predicted octanol–water partition coefficient (Wildman–Crippen LogP) is 2.85. The maximum absolute atomic E-state index is 13.5. The van der Waals surface area contributed by atoms with E-state index in [1.807, 2.05) is 18.2 Å². The Kier molecular flexibility index (Phi) is 5.00. The third-order valence-electron chi connectivity index (χ3n) is 3.02. The third kappa shape index (κ3) is 3.08. The van der Waals surface area contributed by atoms with E-state index in [4.69, 9.17) is 14.2 Å². The maximum atomic E-state index is 13.5. The van der Waals surface area contributed by atoms with Crippen LogP contribution in [-0.4, -0.2) is 27.4 Å². The van der Waals surface area contributed by atoms with Crippen LogP contribution in [0.4, 0.5) is 4.39 Å². The zero-order valence-electron chi connectivity index (χ0n) is 12.1. The first-order chi connectivity index (χ1) is 10.3. The van der Waals surface area contributed by atoms with E-state index in [0.29, 0.717) is 36.0 Å². The number of benzene rings is 2. The summed E-state index contributed by atoms with van der Waals surface area (Å²) >= 11 is 0. The van der Waals surface area contributed by atoms with Crippen molar-refractivity contribution in [2.75, 3.05) is 27.4 Å². The summed E-state index contributed by atoms with van der Waals surface area (Å²) in [5.74, 6) is 1.60. The van der Waals surface area contributed by atoms with Gasteiger partial charge < -0.3 is 19.9 Å². The molecule has 0 amide bonds. The molecule has 0 fully saturated rings. The molecule has 1 heterocycles. The van der Waals surface area contributed by atoms with Gasteiger partial charge >= 0.3 is 0 Å². The van der Waals surface area contributed by atoms with Crippen LogP contribution in [0.3, 0.4) is 0 Å². The van der Waals surface area contributed by atoms with Gasteiger partial charge in [-0.25, -0.2) is 4.39 Å². The monoisotopic (exact) mass is 291 g/mol. The summed E-state index contributed by atoms with van der Waals surface area (Å²) in [5.41, 5.74) is 5.93. The molecule has 5 heteroatoms. The van der Waals surface area contributed by atoms with Crippen LogP contribution in [0.5, 0.6) is 17.2 Å². The van der Waals surface area contributed by atoms with Crippen molar-refractivity contribution < 1.29 is 18.6 Å². The number of halogens is 1. The van der Waals surface area contributed by atoms with Crippen LogP contribution in [0, 0.1) is 5.82 Å². The zero-order valence-corrected chi connectivity index (χ0v) is 12.1. The van der Waals surface area contributed by atoms with Crippen molar-refractivity contribution in [1.82, 2.24) is 0 Å². The topological polar surface area (TPSA) is 53.7 Å². The Morgan fingerprint density at radius 3 is 2.57 bits per heavy atom. The molecule has 0 saturated carbocycles. The van der Waals surface area contributed by atoms with Crippen molar-refractivity contribution in [3.05, 3.63) is 42.2 Å². The van der Waals surface area contributed by atoms with Crippen LogP contribution in [0.25, 0.3) is 11.1 Å². The number of nitrogens with two attached hydrogens (primary N) is 1. The molecule has 2 N–H and O–H groups in total. The molecule has 3 rings (SSSR count). The van der Waals surface area contributed by atoms with Gasteiger partial charge in [-0.3, -0.25) is 0 Å². The van der Waals surface area contributed by atoms with E-state index >= 15 is 0 Å². The molecule has 0 aromatic heterocycles. The number of rotatable bonds is 2. The lowest BCUT2D eigenvalue weighted by Gasteiger charge is -2.21. The highest BCUT2D eigenvalue weighted by Gasteiger charge is 2.19. The minimum absolute atomic E-state index is 0.315. The molecule has 0 aliphatic carbocycles. The van der Waals surface area contributed by atoms with Gasteiger partial charge in [0.2, 0.25) is 0 Å². The molecule has 2 aromatic carbocycles. The fourth-order valence-electron chi connectivity index (χ4n) is 2.18. The molecule has 112 valence electrons. The molecule has 0 radical (unpaired) electrons. The van der Waals surface area contributed by atoms with E-state index in [0.717, 1.165) is 5.56 Å². The minimum Gasteiger partial charge on any atom is -0.496 e. The van der Waals surface area contributed by atoms with Gasteiger partial charge in [0, 0.05) is 11.1 Å². The normalized spacial score (nSPS) is 12.2. The molecule has 0 atom stereocenters. The number of hydrogen-bond acceptors (Lipinski definition) is 4. The van der Waals surface area contributed by atoms with Gasteiger partial charge in [0.25, 0.3) is 0 Å². The second-order valence-electron chi connectivity index (χ2n) is 4.17. The summed E-state index contributed by atoms with van der Waals surface area (Å²) in [7, 11) is 3.06. The van der Waals surface area contributed by atoms with E-state index in [2.05, 4.69) is 5.73 Å². The predicted molar refractivity (Wildman–Crippen MR) is 79.5 cm³/mol. The summed E-state index contributed by atoms with van der Waals surface area (Å²) in [6.07, 6.45) is 0. The van der Waals surface area contributed by atoms with Gasteiger partial charge in [-0.1, -0.05) is 12.1 Å². The van der Waals surface area contributed by atoms with E-state index in [-0.39, 0.29) is 5.82 Å². The number of hydrogen-bond donors (Lipinski definition) is 1. The standard InChI is InChI=1S/C15H13FO3.CH5N/c1-17-13-6-5-10(16)9-12(13)11-3-2-4-14-15(11)19-8-7-18-14;1-2/h2-6,9H,7-8H2,1H3;2H2,1H3. The summed E-state index contributed by atoms with van der Waals surface area (Å²) in [5, 5.41) is 0. The highest BCUT2D eigenvalue weighted by molar-refractivity contribution is 5.78. The first-order valence-electron chi connectivity index (χ1n) is 6.60. The van der Waals surface area contributed by atoms with Crippen molar-refractivity contribution in [3.8, 4) is 28.4 Å². The fraction of sp³-hybridized carbons (Fsp3) is 0.250. The molecule has 0 saturated heterocycles. The van der Waals surface area contributed by atoms with Gasteiger partial charge in [-0.15, -0.1) is 0 Å². The number of para-hydroxylation sites is 1. The van der Waals surface area contributed by atoms with Crippen LogP contribution in [0.1, 0.15) is 0 Å². The Morgan fingerprint density at radius 1 is 1.05 bits per heavy atom. The molecular formula is C16H18FNO3. The molecule has 0 spiro atoms. The Morgan fingerprint density at radius 2 is 1.81 bits per heavy atom. The van der Waals surface area contributed by atoms with Gasteiger partial charge in [-0.2, -0.15) is 0 Å². The van der Waals surface area contributed by atoms with Crippen molar-refractivity contribution in [3.63, 3.8) is 0 Å². The maximum Gasteiger partial charge on any atom is 0.169 e. The van der Waals surface area contributed by atoms with E-state index in [1.54, 1.807) is 13.2 Å². The summed E-state index contributed by atoms with van der Waals surface area (Å²) < 4.78 is 29.9. The molecule has 21 heavy (non-hydrogen) atoms. The van der Waals surface area contributed by atoms with E-state index < -0.39 is 0 Å². The van der Waals surface area contributed by atoms with E-state index in [9.17, 15) is 4.39 Å². The first kappa shape index (κ1) is 15.1. The summed E-state index contributed by atoms with van der Waals surface area (Å²) in [4.78, 5) is 0. The zero-order chi connectivity index (χ0) is 15.2. The lowest BCUT2D eigenvalue weighted by atomic mass is 10.0. The van der Waals surface area contributed by atoms with Gasteiger partial charge in [0.15, 0.2) is 11.5 Å². The van der Waals surface area contributed by atoms with Crippen molar-refractivity contribution >= 4 is 0 Å². The SMILES string of the molecule is CN.COc1ccc(F)cc1-c1cccc2c1OCCO2. The molecule has 2 aromatic rings. The van der Waals surface area contributed by atoms with Gasteiger partial charge in [0.1, 0.15) is 24.8 Å². The van der Waals surface area contributed by atoms with Gasteiger partial charge in [-0.05, 0) is 31.3 Å². The lowest BCUT2D eigenvalue weighted by molar-refractivity contribution is 0.172. The Balaban J connectivity index is 0.000000774. The van der Waals surface area contributed by atoms with Crippen LogP contribution in [-0.2, 0) is 0 Å². The Hall–Kier alpha value is -2.27. The van der Waals surface area contributed by atoms with Crippen molar-refractivity contribution in [1.29, 1.82) is 0 Å². The highest BCUT2D eigenvalue weighted by Crippen LogP contribution is 2.43. The summed E-state index contributed by atoms with van der Waals surface area (Å²) in [6.45, 7) is 1.01. The lowest BCUT2D eigenvalue weighted by Crippen LogP contribution is -2.15. The van der Waals surface area contributed by atoms with Crippen LogP contribution >= 0.6 is 0 Å². The minimum atomic E-state index is -0.315. The quantitative estimate of drug-likeness (QED) is 0.924. The average molecular weight is 291 g/mol. The highest BCUT2D eigenvalue weighted by atomic mass is 19.1. The molecule has 0 unspecified atom stereocenters.